The lowest BCUT2D eigenvalue weighted by molar-refractivity contribution is -0.117. The minimum Gasteiger partial charge on any atom is -0.449 e. The molecule has 18 heavy (non-hydrogen) atoms. The van der Waals surface area contributed by atoms with Crippen molar-refractivity contribution in [2.24, 2.45) is 0 Å². The number of carbonyl (C=O) groups is 2. The van der Waals surface area contributed by atoms with Crippen molar-refractivity contribution in [3.8, 4) is 0 Å². The lowest BCUT2D eigenvalue weighted by Gasteiger charge is -2.25. The highest BCUT2D eigenvalue weighted by atomic mass is 19.1. The number of halogens is 1. The minimum absolute atomic E-state index is 0.0879. The van der Waals surface area contributed by atoms with E-state index in [1.54, 1.807) is 6.07 Å². The SMILES string of the molecule is O=C(CN1CCCOC1=O)Nc1cccc(F)c1. The van der Waals surface area contributed by atoms with Crippen molar-refractivity contribution in [3.63, 3.8) is 0 Å². The molecule has 0 spiro atoms. The fourth-order valence-electron chi connectivity index (χ4n) is 1.68. The maximum Gasteiger partial charge on any atom is 0.410 e. The molecule has 1 heterocycles. The molecular weight excluding hydrogens is 239 g/mol. The smallest absolute Gasteiger partial charge is 0.410 e. The van der Waals surface area contributed by atoms with Gasteiger partial charge in [-0.2, -0.15) is 0 Å². The predicted molar refractivity (Wildman–Crippen MR) is 62.6 cm³/mol. The Morgan fingerprint density at radius 2 is 2.33 bits per heavy atom. The van der Waals surface area contributed by atoms with Gasteiger partial charge in [-0.25, -0.2) is 9.18 Å². The quantitative estimate of drug-likeness (QED) is 0.889. The molecule has 0 aliphatic carbocycles. The van der Waals surface area contributed by atoms with Crippen molar-refractivity contribution in [2.45, 2.75) is 6.42 Å². The summed E-state index contributed by atoms with van der Waals surface area (Å²) >= 11 is 0. The van der Waals surface area contributed by atoms with E-state index in [9.17, 15) is 14.0 Å². The summed E-state index contributed by atoms with van der Waals surface area (Å²) in [5.74, 6) is -0.801. The third kappa shape index (κ3) is 3.19. The van der Waals surface area contributed by atoms with E-state index in [-0.39, 0.29) is 12.5 Å². The number of cyclic esters (lactones) is 1. The van der Waals surface area contributed by atoms with Gasteiger partial charge in [0.15, 0.2) is 0 Å². The second kappa shape index (κ2) is 5.48. The number of hydrogen-bond acceptors (Lipinski definition) is 3. The Kier molecular flexibility index (Phi) is 3.76. The maximum atomic E-state index is 12.9. The molecule has 1 aliphatic rings. The Morgan fingerprint density at radius 1 is 1.50 bits per heavy atom. The number of anilines is 1. The first-order valence-corrected chi connectivity index (χ1v) is 5.62. The minimum atomic E-state index is -0.490. The van der Waals surface area contributed by atoms with Gasteiger partial charge in [-0.3, -0.25) is 9.69 Å². The summed E-state index contributed by atoms with van der Waals surface area (Å²) in [5.41, 5.74) is 0.366. The Hall–Kier alpha value is -2.11. The first-order chi connectivity index (χ1) is 8.65. The largest absolute Gasteiger partial charge is 0.449 e. The number of carbonyl (C=O) groups excluding carboxylic acids is 2. The molecule has 96 valence electrons. The molecule has 6 heteroatoms. The van der Waals surface area contributed by atoms with Gasteiger partial charge in [0.2, 0.25) is 5.91 Å². The Labute approximate surface area is 104 Å². The van der Waals surface area contributed by atoms with Gasteiger partial charge in [-0.1, -0.05) is 6.07 Å². The van der Waals surface area contributed by atoms with E-state index >= 15 is 0 Å². The van der Waals surface area contributed by atoms with Crippen molar-refractivity contribution in [1.29, 1.82) is 0 Å². The monoisotopic (exact) mass is 252 g/mol. The average molecular weight is 252 g/mol. The molecule has 0 saturated carbocycles. The number of amides is 2. The topological polar surface area (TPSA) is 58.6 Å². The van der Waals surface area contributed by atoms with Gasteiger partial charge in [0.1, 0.15) is 12.4 Å². The summed E-state index contributed by atoms with van der Waals surface area (Å²) in [5, 5.41) is 2.52. The van der Waals surface area contributed by atoms with Gasteiger partial charge < -0.3 is 10.1 Å². The number of hydrogen-bond donors (Lipinski definition) is 1. The van der Waals surface area contributed by atoms with E-state index in [2.05, 4.69) is 5.32 Å². The van der Waals surface area contributed by atoms with Crippen LogP contribution in [0.15, 0.2) is 24.3 Å². The fourth-order valence-corrected chi connectivity index (χ4v) is 1.68. The van der Waals surface area contributed by atoms with E-state index < -0.39 is 11.9 Å². The molecule has 1 fully saturated rings. The number of benzene rings is 1. The zero-order chi connectivity index (χ0) is 13.0. The van der Waals surface area contributed by atoms with Crippen LogP contribution < -0.4 is 5.32 Å². The van der Waals surface area contributed by atoms with Crippen LogP contribution in [0.25, 0.3) is 0 Å². The molecule has 1 aromatic rings. The molecule has 0 radical (unpaired) electrons. The van der Waals surface area contributed by atoms with E-state index in [1.807, 2.05) is 0 Å². The second-order valence-electron chi connectivity index (χ2n) is 3.95. The second-order valence-corrected chi connectivity index (χ2v) is 3.95. The van der Waals surface area contributed by atoms with Crippen LogP contribution in [-0.2, 0) is 9.53 Å². The fraction of sp³-hybridized carbons (Fsp3) is 0.333. The Bertz CT molecular complexity index is 464. The zero-order valence-corrected chi connectivity index (χ0v) is 9.69. The van der Waals surface area contributed by atoms with Crippen LogP contribution in [0.1, 0.15) is 6.42 Å². The third-order valence-electron chi connectivity index (χ3n) is 2.50. The third-order valence-corrected chi connectivity index (χ3v) is 2.50. The first-order valence-electron chi connectivity index (χ1n) is 5.62. The highest BCUT2D eigenvalue weighted by Gasteiger charge is 2.21. The first kappa shape index (κ1) is 12.3. The van der Waals surface area contributed by atoms with Gasteiger partial charge in [-0.15, -0.1) is 0 Å². The molecule has 2 amide bonds. The van der Waals surface area contributed by atoms with Gasteiger partial charge in [0.05, 0.1) is 6.61 Å². The molecule has 1 aromatic carbocycles. The number of rotatable bonds is 3. The summed E-state index contributed by atoms with van der Waals surface area (Å²) in [6.07, 6.45) is 0.217. The van der Waals surface area contributed by atoms with E-state index in [1.165, 1.54) is 23.1 Å². The average Bonchev–Trinajstić information content (AvgIpc) is 2.32. The van der Waals surface area contributed by atoms with Gasteiger partial charge >= 0.3 is 6.09 Å². The standard InChI is InChI=1S/C12H13FN2O3/c13-9-3-1-4-10(7-9)14-11(16)8-15-5-2-6-18-12(15)17/h1,3-4,7H,2,5-6,8H2,(H,14,16). The molecule has 1 N–H and O–H groups in total. The molecule has 2 rings (SSSR count). The summed E-state index contributed by atoms with van der Waals surface area (Å²) in [6.45, 7) is 0.797. The van der Waals surface area contributed by atoms with E-state index in [0.29, 0.717) is 25.3 Å². The van der Waals surface area contributed by atoms with Crippen LogP contribution in [0, 0.1) is 5.82 Å². The lowest BCUT2D eigenvalue weighted by atomic mass is 10.3. The summed E-state index contributed by atoms with van der Waals surface area (Å²) < 4.78 is 17.7. The lowest BCUT2D eigenvalue weighted by Crippen LogP contribution is -2.42. The van der Waals surface area contributed by atoms with Crippen molar-refractivity contribution >= 4 is 17.7 Å². The molecule has 0 aromatic heterocycles. The zero-order valence-electron chi connectivity index (χ0n) is 9.69. The van der Waals surface area contributed by atoms with Crippen LogP contribution in [-0.4, -0.2) is 36.6 Å². The van der Waals surface area contributed by atoms with Crippen LogP contribution in [0.3, 0.4) is 0 Å². The summed E-state index contributed by atoms with van der Waals surface area (Å²) in [7, 11) is 0. The number of nitrogens with zero attached hydrogens (tertiary/aromatic N) is 1. The highest BCUT2D eigenvalue weighted by molar-refractivity contribution is 5.93. The molecule has 1 aliphatic heterocycles. The highest BCUT2D eigenvalue weighted by Crippen LogP contribution is 2.10. The molecular formula is C12H13FN2O3. The van der Waals surface area contributed by atoms with Gasteiger partial charge in [0.25, 0.3) is 0 Å². The van der Waals surface area contributed by atoms with E-state index in [4.69, 9.17) is 4.74 Å². The van der Waals surface area contributed by atoms with Gasteiger partial charge in [-0.05, 0) is 24.6 Å². The van der Waals surface area contributed by atoms with Crippen LogP contribution in [0.2, 0.25) is 0 Å². The van der Waals surface area contributed by atoms with Gasteiger partial charge in [0, 0.05) is 12.2 Å². The molecule has 0 unspecified atom stereocenters. The van der Waals surface area contributed by atoms with Crippen molar-refractivity contribution in [1.82, 2.24) is 4.90 Å². The number of nitrogens with one attached hydrogen (secondary N) is 1. The Morgan fingerprint density at radius 3 is 3.06 bits per heavy atom. The summed E-state index contributed by atoms with van der Waals surface area (Å²) in [6, 6.07) is 5.58. The van der Waals surface area contributed by atoms with Crippen LogP contribution >= 0.6 is 0 Å². The molecule has 1 saturated heterocycles. The number of ether oxygens (including phenoxy) is 1. The maximum absolute atomic E-state index is 12.9. The Balaban J connectivity index is 1.90. The summed E-state index contributed by atoms with van der Waals surface area (Å²) in [4.78, 5) is 24.3. The van der Waals surface area contributed by atoms with Crippen LogP contribution in [0.5, 0.6) is 0 Å². The predicted octanol–water partition coefficient (Wildman–Crippen LogP) is 1.61. The van der Waals surface area contributed by atoms with Crippen molar-refractivity contribution in [3.05, 3.63) is 30.1 Å². The molecule has 0 atom stereocenters. The molecule has 5 nitrogen and oxygen atoms in total. The molecule has 0 bridgehead atoms. The van der Waals surface area contributed by atoms with E-state index in [0.717, 1.165) is 0 Å². The van der Waals surface area contributed by atoms with Crippen molar-refractivity contribution < 1.29 is 18.7 Å². The normalized spacial score (nSPS) is 15.2. The van der Waals surface area contributed by atoms with Crippen molar-refractivity contribution in [2.75, 3.05) is 25.0 Å². The van der Waals surface area contributed by atoms with Crippen LogP contribution in [0.4, 0.5) is 14.9 Å².